The van der Waals surface area contributed by atoms with E-state index in [2.05, 4.69) is 4.90 Å². The smallest absolute Gasteiger partial charge is 0.490 e. The molecule has 0 aromatic heterocycles. The van der Waals surface area contributed by atoms with Crippen LogP contribution in [-0.4, -0.2) is 78.2 Å². The molecule has 12 heteroatoms. The van der Waals surface area contributed by atoms with Gasteiger partial charge in [0.2, 0.25) is 11.8 Å². The number of hydrogen-bond acceptors (Lipinski definition) is 7. The molecule has 0 bridgehead atoms. The zero-order chi connectivity index (χ0) is 29.4. The molecule has 3 aliphatic rings. The highest BCUT2D eigenvalue weighted by molar-refractivity contribution is 6.09. The maximum Gasteiger partial charge on any atom is 0.490 e. The van der Waals surface area contributed by atoms with Crippen LogP contribution in [0, 0.1) is 11.8 Å². The molecular weight excluding hydrogens is 533 g/mol. The van der Waals surface area contributed by atoms with Crippen molar-refractivity contribution in [1.29, 1.82) is 0 Å². The lowest BCUT2D eigenvalue weighted by atomic mass is 9.75. The first-order valence-corrected chi connectivity index (χ1v) is 12.6. The third-order valence-electron chi connectivity index (χ3n) is 7.94. The normalized spacial score (nSPS) is 25.9. The van der Waals surface area contributed by atoms with E-state index >= 15 is 0 Å². The molecule has 3 heterocycles. The summed E-state index contributed by atoms with van der Waals surface area (Å²) in [7, 11) is 4.52. The van der Waals surface area contributed by atoms with Crippen LogP contribution < -0.4 is 4.74 Å². The van der Waals surface area contributed by atoms with Gasteiger partial charge in [-0.1, -0.05) is 36.4 Å². The number of amides is 2. The molecule has 3 aliphatic heterocycles. The number of fused-ring (bicyclic) bond motifs is 3. The van der Waals surface area contributed by atoms with E-state index in [1.165, 1.54) is 19.1 Å². The van der Waals surface area contributed by atoms with Crippen LogP contribution in [0.4, 0.5) is 13.2 Å². The lowest BCUT2D eigenvalue weighted by Crippen LogP contribution is -2.59. The first-order valence-electron chi connectivity index (χ1n) is 12.6. The number of aliphatic carboxylic acids is 1. The second kappa shape index (κ2) is 10.9. The van der Waals surface area contributed by atoms with Gasteiger partial charge in [-0.2, -0.15) is 13.2 Å². The summed E-state index contributed by atoms with van der Waals surface area (Å²) in [5.41, 5.74) is 1.95. The van der Waals surface area contributed by atoms with Crippen LogP contribution in [0.25, 0.3) is 11.1 Å². The van der Waals surface area contributed by atoms with Crippen LogP contribution in [0.2, 0.25) is 0 Å². The van der Waals surface area contributed by atoms with Crippen molar-refractivity contribution < 1.29 is 46.9 Å². The molecule has 2 amide bonds. The summed E-state index contributed by atoms with van der Waals surface area (Å²) in [6.07, 6.45) is -2.83. The van der Waals surface area contributed by atoms with Gasteiger partial charge in [0, 0.05) is 13.1 Å². The number of likely N-dealkylation sites (tertiary alicyclic amines) is 1. The minimum absolute atomic E-state index is 0.216. The van der Waals surface area contributed by atoms with E-state index < -0.39 is 35.5 Å². The SMILES string of the molecule is COC(=O)[C@@]12CCCCN1C(c1ccc(-c3ccc(OC)cc3)cc1)C1C(=O)N(C)C(=O)C12.O=C(O)C(F)(F)F. The number of carbonyl (C=O) groups excluding carboxylic acids is 3. The highest BCUT2D eigenvalue weighted by Crippen LogP contribution is 2.58. The number of rotatable bonds is 4. The van der Waals surface area contributed by atoms with Crippen LogP contribution >= 0.6 is 0 Å². The Morgan fingerprint density at radius 2 is 1.50 bits per heavy atom. The number of piperidine rings is 1. The largest absolute Gasteiger partial charge is 0.497 e. The quantitative estimate of drug-likeness (QED) is 0.444. The molecule has 0 saturated carbocycles. The second-order valence-corrected chi connectivity index (χ2v) is 9.90. The topological polar surface area (TPSA) is 113 Å². The fourth-order valence-corrected chi connectivity index (χ4v) is 6.16. The zero-order valence-electron chi connectivity index (χ0n) is 22.1. The Labute approximate surface area is 228 Å². The van der Waals surface area contributed by atoms with Crippen LogP contribution in [0.15, 0.2) is 48.5 Å². The first kappa shape index (κ1) is 29.1. The molecular formula is C28H29F3N2O7. The van der Waals surface area contributed by atoms with Crippen molar-refractivity contribution in [2.24, 2.45) is 11.8 Å². The van der Waals surface area contributed by atoms with Gasteiger partial charge in [-0.05, 0) is 54.6 Å². The number of nitrogens with zero attached hydrogens (tertiary/aromatic N) is 2. The van der Waals surface area contributed by atoms with Crippen LogP contribution in [-0.2, 0) is 23.9 Å². The number of carboxylic acids is 1. The summed E-state index contributed by atoms with van der Waals surface area (Å²) in [6, 6.07) is 15.6. The summed E-state index contributed by atoms with van der Waals surface area (Å²) in [5.74, 6) is -4.17. The van der Waals surface area contributed by atoms with E-state index in [-0.39, 0.29) is 17.9 Å². The molecule has 9 nitrogen and oxygen atoms in total. The third kappa shape index (κ3) is 4.80. The van der Waals surface area contributed by atoms with E-state index in [1.807, 2.05) is 48.5 Å². The lowest BCUT2D eigenvalue weighted by molar-refractivity contribution is -0.192. The number of hydrogen-bond donors (Lipinski definition) is 1. The minimum atomic E-state index is -5.08. The maximum absolute atomic E-state index is 13.2. The Morgan fingerprint density at radius 1 is 0.950 bits per heavy atom. The molecule has 3 fully saturated rings. The zero-order valence-corrected chi connectivity index (χ0v) is 22.1. The Bertz CT molecular complexity index is 1300. The number of halogens is 3. The standard InChI is InChI=1S/C26H28N2O5.C2HF3O2/c1-27-23(29)20-21(24(27)30)26(25(31)33-3)14-4-5-15-28(26)22(20)18-8-6-16(7-9-18)17-10-12-19(32-2)13-11-17;3-2(4,5)1(6)7/h6-13,20-22H,4-5,14-15H2,1-3H3;(H,6,7)/t20?,21?,22?,26-;/m0./s1. The van der Waals surface area contributed by atoms with E-state index in [9.17, 15) is 27.6 Å². The van der Waals surface area contributed by atoms with Gasteiger partial charge in [0.25, 0.3) is 0 Å². The van der Waals surface area contributed by atoms with Gasteiger partial charge in [0.15, 0.2) is 0 Å². The molecule has 0 aliphatic carbocycles. The van der Waals surface area contributed by atoms with Gasteiger partial charge in [-0.15, -0.1) is 0 Å². The molecule has 1 N–H and O–H groups in total. The van der Waals surface area contributed by atoms with E-state index in [0.717, 1.165) is 35.3 Å². The monoisotopic (exact) mass is 562 g/mol. The van der Waals surface area contributed by atoms with E-state index in [1.54, 1.807) is 7.11 Å². The maximum atomic E-state index is 13.2. The lowest BCUT2D eigenvalue weighted by Gasteiger charge is -2.44. The van der Waals surface area contributed by atoms with Gasteiger partial charge in [-0.25, -0.2) is 4.79 Å². The number of benzene rings is 2. The predicted molar refractivity (Wildman–Crippen MR) is 135 cm³/mol. The second-order valence-electron chi connectivity index (χ2n) is 9.90. The molecule has 3 saturated heterocycles. The minimum Gasteiger partial charge on any atom is -0.497 e. The summed E-state index contributed by atoms with van der Waals surface area (Å²) < 4.78 is 42.2. The number of imide groups is 1. The Balaban J connectivity index is 0.000000470. The summed E-state index contributed by atoms with van der Waals surface area (Å²) in [5, 5.41) is 7.12. The number of esters is 1. The van der Waals surface area contributed by atoms with Crippen molar-refractivity contribution >= 4 is 23.8 Å². The highest BCUT2D eigenvalue weighted by atomic mass is 19.4. The molecule has 0 radical (unpaired) electrons. The molecule has 4 atom stereocenters. The summed E-state index contributed by atoms with van der Waals surface area (Å²) >= 11 is 0. The fourth-order valence-electron chi connectivity index (χ4n) is 6.16. The summed E-state index contributed by atoms with van der Waals surface area (Å²) in [6.45, 7) is 0.650. The van der Waals surface area contributed by atoms with Gasteiger partial charge in [0.1, 0.15) is 11.3 Å². The van der Waals surface area contributed by atoms with E-state index in [4.69, 9.17) is 19.4 Å². The number of carboxylic acid groups (broad SMARTS) is 1. The van der Waals surface area contributed by atoms with Gasteiger partial charge >= 0.3 is 18.1 Å². The Hall–Kier alpha value is -3.93. The number of alkyl halides is 3. The number of carbonyl (C=O) groups is 4. The molecule has 214 valence electrons. The molecule has 2 aromatic carbocycles. The Kier molecular flexibility index (Phi) is 7.93. The van der Waals surface area contributed by atoms with Crippen molar-refractivity contribution in [2.75, 3.05) is 27.8 Å². The van der Waals surface area contributed by atoms with Gasteiger partial charge < -0.3 is 14.6 Å². The van der Waals surface area contributed by atoms with Crippen LogP contribution in [0.3, 0.4) is 0 Å². The number of methoxy groups -OCH3 is 2. The van der Waals surface area contributed by atoms with Crippen molar-refractivity contribution in [2.45, 2.75) is 37.0 Å². The van der Waals surface area contributed by atoms with Crippen molar-refractivity contribution in [3.63, 3.8) is 0 Å². The molecule has 3 unspecified atom stereocenters. The fraction of sp³-hybridized carbons (Fsp3) is 0.429. The van der Waals surface area contributed by atoms with Crippen molar-refractivity contribution in [1.82, 2.24) is 9.80 Å². The average molecular weight is 563 g/mol. The van der Waals surface area contributed by atoms with Gasteiger partial charge in [-0.3, -0.25) is 24.2 Å². The first-order chi connectivity index (χ1) is 18.9. The highest BCUT2D eigenvalue weighted by Gasteiger charge is 2.72. The molecule has 40 heavy (non-hydrogen) atoms. The van der Waals surface area contributed by atoms with Gasteiger partial charge in [0.05, 0.1) is 26.1 Å². The molecule has 5 rings (SSSR count). The molecule has 0 spiro atoms. The van der Waals surface area contributed by atoms with Crippen LogP contribution in [0.1, 0.15) is 30.9 Å². The van der Waals surface area contributed by atoms with Crippen molar-refractivity contribution in [3.05, 3.63) is 54.1 Å². The average Bonchev–Trinajstić information content (AvgIpc) is 3.38. The Morgan fingerprint density at radius 3 is 2.00 bits per heavy atom. The van der Waals surface area contributed by atoms with Crippen molar-refractivity contribution in [3.8, 4) is 16.9 Å². The third-order valence-corrected chi connectivity index (χ3v) is 7.94. The van der Waals surface area contributed by atoms with Crippen LogP contribution in [0.5, 0.6) is 5.75 Å². The van der Waals surface area contributed by atoms with E-state index in [0.29, 0.717) is 13.0 Å². The molecule has 2 aromatic rings. The summed E-state index contributed by atoms with van der Waals surface area (Å²) in [4.78, 5) is 51.8. The number of ether oxygens (including phenoxy) is 2. The predicted octanol–water partition coefficient (Wildman–Crippen LogP) is 3.68.